The van der Waals surface area contributed by atoms with E-state index in [1.54, 1.807) is 12.3 Å². The average Bonchev–Trinajstić information content (AvgIpc) is 3.20. The number of rotatable bonds is 4. The third kappa shape index (κ3) is 3.44. The molecule has 0 atom stereocenters. The second-order valence-corrected chi connectivity index (χ2v) is 6.92. The summed E-state index contributed by atoms with van der Waals surface area (Å²) in [6.45, 7) is 4.24. The molecule has 0 radical (unpaired) electrons. The number of hydrogen-bond donors (Lipinski definition) is 1. The highest BCUT2D eigenvalue weighted by molar-refractivity contribution is 5.76. The van der Waals surface area contributed by atoms with Gasteiger partial charge in [0.15, 0.2) is 17.5 Å². The molecule has 4 aromatic rings. The quantitative estimate of drug-likeness (QED) is 0.557. The monoisotopic (exact) mass is 392 g/mol. The molecule has 0 saturated heterocycles. The van der Waals surface area contributed by atoms with E-state index in [1.165, 1.54) is 17.7 Å². The van der Waals surface area contributed by atoms with E-state index in [4.69, 9.17) is 5.73 Å². The number of tetrazole rings is 1. The van der Waals surface area contributed by atoms with E-state index >= 15 is 0 Å². The van der Waals surface area contributed by atoms with Crippen LogP contribution < -0.4 is 5.73 Å². The minimum absolute atomic E-state index is 0.114. The van der Waals surface area contributed by atoms with Gasteiger partial charge >= 0.3 is 0 Å². The van der Waals surface area contributed by atoms with Crippen molar-refractivity contribution in [1.29, 1.82) is 0 Å². The molecule has 2 N–H and O–H groups in total. The van der Waals surface area contributed by atoms with Crippen LogP contribution in [-0.4, -0.2) is 25.2 Å². The minimum atomic E-state index is -1.05. The zero-order chi connectivity index (χ0) is 20.5. The van der Waals surface area contributed by atoms with Gasteiger partial charge in [-0.25, -0.2) is 13.8 Å². The Hall–Kier alpha value is -3.68. The van der Waals surface area contributed by atoms with Crippen molar-refractivity contribution in [1.82, 2.24) is 25.2 Å². The summed E-state index contributed by atoms with van der Waals surface area (Å²) in [5.41, 5.74) is 9.33. The number of nitrogens with zero attached hydrogens (tertiary/aromatic N) is 5. The van der Waals surface area contributed by atoms with Crippen LogP contribution in [0, 0.1) is 11.6 Å². The Morgan fingerprint density at radius 2 is 1.79 bits per heavy atom. The largest absolute Gasteiger partial charge is 0.383 e. The lowest BCUT2D eigenvalue weighted by atomic mass is 9.97. The van der Waals surface area contributed by atoms with Crippen LogP contribution in [-0.2, 0) is 0 Å². The van der Waals surface area contributed by atoms with Gasteiger partial charge in [0.05, 0.1) is 5.56 Å². The number of nitrogen functional groups attached to an aromatic ring is 1. The zero-order valence-electron chi connectivity index (χ0n) is 15.8. The van der Waals surface area contributed by atoms with Gasteiger partial charge in [0, 0.05) is 11.8 Å². The maximum Gasteiger partial charge on any atom is 0.190 e. The molecule has 4 rings (SSSR count). The van der Waals surface area contributed by atoms with E-state index in [0.717, 1.165) is 21.9 Å². The Balaban J connectivity index is 1.84. The fourth-order valence-corrected chi connectivity index (χ4v) is 3.06. The third-order valence-corrected chi connectivity index (χ3v) is 4.67. The molecule has 0 fully saturated rings. The minimum Gasteiger partial charge on any atom is -0.383 e. The van der Waals surface area contributed by atoms with E-state index < -0.39 is 11.6 Å². The summed E-state index contributed by atoms with van der Waals surface area (Å²) >= 11 is 0. The predicted molar refractivity (Wildman–Crippen MR) is 106 cm³/mol. The Kier molecular flexibility index (Phi) is 4.75. The van der Waals surface area contributed by atoms with E-state index in [-0.39, 0.29) is 17.3 Å². The van der Waals surface area contributed by atoms with Gasteiger partial charge in [0.2, 0.25) is 0 Å². The molecule has 2 aromatic carbocycles. The van der Waals surface area contributed by atoms with Crippen molar-refractivity contribution in [3.63, 3.8) is 0 Å². The molecule has 146 valence electrons. The van der Waals surface area contributed by atoms with Crippen molar-refractivity contribution in [2.75, 3.05) is 5.73 Å². The van der Waals surface area contributed by atoms with Crippen LogP contribution in [0.5, 0.6) is 0 Å². The van der Waals surface area contributed by atoms with Gasteiger partial charge in [0.1, 0.15) is 11.5 Å². The molecule has 0 aliphatic rings. The molecule has 8 heteroatoms. The average molecular weight is 392 g/mol. The first-order valence-electron chi connectivity index (χ1n) is 9.04. The van der Waals surface area contributed by atoms with Gasteiger partial charge in [-0.3, -0.25) is 0 Å². The number of aromatic nitrogens is 5. The lowest BCUT2D eigenvalue weighted by Gasteiger charge is -2.11. The number of halogens is 2. The van der Waals surface area contributed by atoms with Crippen molar-refractivity contribution in [3.05, 3.63) is 71.9 Å². The molecule has 6 nitrogen and oxygen atoms in total. The molecule has 0 saturated carbocycles. The molecule has 0 aliphatic carbocycles. The Morgan fingerprint density at radius 1 is 1.00 bits per heavy atom. The first kappa shape index (κ1) is 18.7. The number of nitrogens with two attached hydrogens (primary N) is 1. The summed E-state index contributed by atoms with van der Waals surface area (Å²) in [6, 6.07) is 13.7. The van der Waals surface area contributed by atoms with Crippen molar-refractivity contribution >= 4 is 5.82 Å². The second kappa shape index (κ2) is 7.38. The van der Waals surface area contributed by atoms with Crippen LogP contribution in [0.2, 0.25) is 0 Å². The van der Waals surface area contributed by atoms with Crippen LogP contribution >= 0.6 is 0 Å². The molecular weight excluding hydrogens is 374 g/mol. The van der Waals surface area contributed by atoms with Gasteiger partial charge in [-0.1, -0.05) is 44.2 Å². The standard InChI is InChI=1S/C21H18F2N6/c1-12(2)13-5-3-6-14(9-13)15-10-16(20(24)25-11-15)21-26-27-28-29(21)18-8-4-7-17(22)19(18)23/h3-12H,1-2H3,(H2,24,25). The van der Waals surface area contributed by atoms with E-state index in [0.29, 0.717) is 11.5 Å². The lowest BCUT2D eigenvalue weighted by Crippen LogP contribution is -2.06. The highest BCUT2D eigenvalue weighted by Crippen LogP contribution is 2.31. The second-order valence-electron chi connectivity index (χ2n) is 6.92. The Labute approximate surface area is 166 Å². The van der Waals surface area contributed by atoms with Crippen LogP contribution in [0.4, 0.5) is 14.6 Å². The smallest absolute Gasteiger partial charge is 0.190 e. The van der Waals surface area contributed by atoms with Gasteiger partial charge < -0.3 is 5.73 Å². The maximum atomic E-state index is 14.3. The normalized spacial score (nSPS) is 11.2. The molecule has 0 bridgehead atoms. The van der Waals surface area contributed by atoms with Crippen molar-refractivity contribution < 1.29 is 8.78 Å². The topological polar surface area (TPSA) is 82.5 Å². The molecule has 0 unspecified atom stereocenters. The number of benzene rings is 2. The summed E-state index contributed by atoms with van der Waals surface area (Å²) in [5, 5.41) is 11.4. The van der Waals surface area contributed by atoms with E-state index in [9.17, 15) is 8.78 Å². The molecule has 29 heavy (non-hydrogen) atoms. The van der Waals surface area contributed by atoms with Crippen LogP contribution in [0.3, 0.4) is 0 Å². The van der Waals surface area contributed by atoms with Crippen molar-refractivity contribution in [2.45, 2.75) is 19.8 Å². The Morgan fingerprint density at radius 3 is 2.59 bits per heavy atom. The first-order chi connectivity index (χ1) is 14.0. The summed E-state index contributed by atoms with van der Waals surface area (Å²) in [6.07, 6.45) is 1.66. The molecule has 2 aromatic heterocycles. The summed E-state index contributed by atoms with van der Waals surface area (Å²) in [4.78, 5) is 4.26. The fourth-order valence-electron chi connectivity index (χ4n) is 3.06. The van der Waals surface area contributed by atoms with Gasteiger partial charge in [-0.15, -0.1) is 5.10 Å². The maximum absolute atomic E-state index is 14.3. The SMILES string of the molecule is CC(C)c1cccc(-c2cnc(N)c(-c3nnnn3-c3cccc(F)c3F)c2)c1. The van der Waals surface area contributed by atoms with Crippen LogP contribution in [0.25, 0.3) is 28.2 Å². The number of anilines is 1. The predicted octanol–water partition coefficient (Wildman–Crippen LogP) is 4.38. The first-order valence-corrected chi connectivity index (χ1v) is 9.04. The van der Waals surface area contributed by atoms with E-state index in [2.05, 4.69) is 46.5 Å². The molecule has 0 amide bonds. The Bertz CT molecular complexity index is 1190. The third-order valence-electron chi connectivity index (χ3n) is 4.67. The summed E-state index contributed by atoms with van der Waals surface area (Å²) in [5.74, 6) is -1.31. The van der Waals surface area contributed by atoms with E-state index in [1.807, 2.05) is 12.1 Å². The van der Waals surface area contributed by atoms with Crippen molar-refractivity contribution in [3.8, 4) is 28.2 Å². The van der Waals surface area contributed by atoms with Crippen molar-refractivity contribution in [2.24, 2.45) is 0 Å². The molecular formula is C21H18F2N6. The zero-order valence-corrected chi connectivity index (χ0v) is 15.8. The highest BCUT2D eigenvalue weighted by Gasteiger charge is 2.19. The van der Waals surface area contributed by atoms with Gasteiger partial charge in [-0.2, -0.15) is 4.68 Å². The molecule has 2 heterocycles. The van der Waals surface area contributed by atoms with Crippen LogP contribution in [0.15, 0.2) is 54.7 Å². The molecule has 0 aliphatic heterocycles. The van der Waals surface area contributed by atoms with Gasteiger partial charge in [0.25, 0.3) is 0 Å². The van der Waals surface area contributed by atoms with Gasteiger partial charge in [-0.05, 0) is 45.7 Å². The summed E-state index contributed by atoms with van der Waals surface area (Å²) < 4.78 is 29.1. The molecule has 0 spiro atoms. The number of pyridine rings is 1. The highest BCUT2D eigenvalue weighted by atomic mass is 19.2. The number of hydrogen-bond acceptors (Lipinski definition) is 5. The fraction of sp³-hybridized carbons (Fsp3) is 0.143. The summed E-state index contributed by atoms with van der Waals surface area (Å²) in [7, 11) is 0. The lowest BCUT2D eigenvalue weighted by molar-refractivity contribution is 0.501. The van der Waals surface area contributed by atoms with Crippen LogP contribution in [0.1, 0.15) is 25.3 Å².